The van der Waals surface area contributed by atoms with Crippen LogP contribution in [0.2, 0.25) is 15.3 Å². The van der Waals surface area contributed by atoms with Crippen LogP contribution in [0.4, 0.5) is 0 Å². The van der Waals surface area contributed by atoms with Crippen LogP contribution >= 0.6 is 34.8 Å². The van der Waals surface area contributed by atoms with E-state index in [0.717, 1.165) is 0 Å². The Labute approximate surface area is 245 Å². The number of rotatable bonds is 9. The number of nitrogens with zero attached hydrogens (tertiary/aromatic N) is 2. The number of hydrogen-bond donors (Lipinski definition) is 0. The topological polar surface area (TPSA) is 88.9 Å². The van der Waals surface area contributed by atoms with E-state index in [9.17, 15) is 9.59 Å². The Morgan fingerprint density at radius 3 is 2.08 bits per heavy atom. The zero-order valence-corrected chi connectivity index (χ0v) is 23.2. The number of ether oxygens (including phenoxy) is 4. The van der Waals surface area contributed by atoms with Crippen LogP contribution in [0.15, 0.2) is 85.5 Å². The van der Waals surface area contributed by atoms with Crippen LogP contribution in [-0.2, 0) is 18.9 Å². The summed E-state index contributed by atoms with van der Waals surface area (Å²) in [5, 5.41) is 0.584. The van der Waals surface area contributed by atoms with Crippen molar-refractivity contribution in [2.24, 2.45) is 0 Å². The summed E-state index contributed by atoms with van der Waals surface area (Å²) < 4.78 is 25.5. The zero-order chi connectivity index (χ0) is 28.2. The smallest absolute Gasteiger partial charge is 0.338 e. The fraction of sp³-hybridized carbons (Fsp3) is 0.207. The van der Waals surface area contributed by atoms with E-state index in [1.807, 2.05) is 0 Å². The summed E-state index contributed by atoms with van der Waals surface area (Å²) in [7, 11) is 0. The van der Waals surface area contributed by atoms with Gasteiger partial charge in [0.1, 0.15) is 6.10 Å². The largest absolute Gasteiger partial charge is 0.452 e. The SMILES string of the molecule is C=CCOC[C@H]1O[C@@H](n2c(Cl)nc3cc(Cl)c(Cl)cc32)[C@H](OC(=O)c2ccccc2)[C@@H]1OC(=O)c1ccccc1. The highest BCUT2D eigenvalue weighted by molar-refractivity contribution is 6.42. The number of aromatic nitrogens is 2. The van der Waals surface area contributed by atoms with Crippen molar-refractivity contribution >= 4 is 57.8 Å². The van der Waals surface area contributed by atoms with Gasteiger partial charge in [-0.05, 0) is 48.0 Å². The van der Waals surface area contributed by atoms with E-state index < -0.39 is 36.5 Å². The van der Waals surface area contributed by atoms with Crippen LogP contribution in [0.25, 0.3) is 11.0 Å². The van der Waals surface area contributed by atoms with Gasteiger partial charge in [0.15, 0.2) is 18.4 Å². The Morgan fingerprint density at radius 1 is 0.900 bits per heavy atom. The second-order valence-corrected chi connectivity index (χ2v) is 10.0. The highest BCUT2D eigenvalue weighted by Gasteiger charge is 2.51. The molecule has 40 heavy (non-hydrogen) atoms. The van der Waals surface area contributed by atoms with Crippen molar-refractivity contribution in [1.82, 2.24) is 9.55 Å². The molecule has 2 heterocycles. The molecule has 0 aliphatic carbocycles. The van der Waals surface area contributed by atoms with Crippen LogP contribution in [0, 0.1) is 0 Å². The molecular formula is C29H23Cl3N2O6. The first-order chi connectivity index (χ1) is 19.4. The Hall–Kier alpha value is -3.40. The lowest BCUT2D eigenvalue weighted by molar-refractivity contribution is -0.0655. The van der Waals surface area contributed by atoms with Gasteiger partial charge >= 0.3 is 11.9 Å². The summed E-state index contributed by atoms with van der Waals surface area (Å²) in [4.78, 5) is 30.8. The molecule has 0 saturated carbocycles. The maximum atomic E-state index is 13.3. The van der Waals surface area contributed by atoms with E-state index in [1.165, 1.54) is 4.57 Å². The summed E-state index contributed by atoms with van der Waals surface area (Å²) >= 11 is 19.1. The summed E-state index contributed by atoms with van der Waals surface area (Å²) in [6.45, 7) is 3.89. The van der Waals surface area contributed by atoms with Gasteiger partial charge in [-0.1, -0.05) is 65.7 Å². The monoisotopic (exact) mass is 600 g/mol. The van der Waals surface area contributed by atoms with Gasteiger partial charge in [0, 0.05) is 0 Å². The highest BCUT2D eigenvalue weighted by atomic mass is 35.5. The van der Waals surface area contributed by atoms with E-state index in [1.54, 1.807) is 78.9 Å². The molecule has 3 aromatic carbocycles. The number of imidazole rings is 1. The highest BCUT2D eigenvalue weighted by Crippen LogP contribution is 2.40. The Kier molecular flexibility index (Phi) is 8.73. The number of carbonyl (C=O) groups excluding carboxylic acids is 2. The Morgan fingerprint density at radius 2 is 1.48 bits per heavy atom. The molecule has 1 aliphatic heterocycles. The average Bonchev–Trinajstić information content (AvgIpc) is 3.45. The van der Waals surface area contributed by atoms with Crippen molar-refractivity contribution in [2.45, 2.75) is 24.5 Å². The minimum atomic E-state index is -1.15. The third kappa shape index (κ3) is 5.87. The van der Waals surface area contributed by atoms with Crippen LogP contribution in [0.3, 0.4) is 0 Å². The maximum Gasteiger partial charge on any atom is 0.338 e. The van der Waals surface area contributed by atoms with E-state index in [0.29, 0.717) is 27.2 Å². The summed E-state index contributed by atoms with van der Waals surface area (Å²) in [6, 6.07) is 20.0. The number of benzene rings is 3. The fourth-order valence-corrected chi connectivity index (χ4v) is 5.01. The van der Waals surface area contributed by atoms with E-state index in [2.05, 4.69) is 11.6 Å². The van der Waals surface area contributed by atoms with E-state index in [4.69, 9.17) is 53.8 Å². The Bertz CT molecular complexity index is 1530. The van der Waals surface area contributed by atoms with Crippen molar-refractivity contribution < 1.29 is 28.5 Å². The molecule has 1 fully saturated rings. The van der Waals surface area contributed by atoms with Gasteiger partial charge in [0.2, 0.25) is 5.28 Å². The molecule has 206 valence electrons. The average molecular weight is 602 g/mol. The molecule has 8 nitrogen and oxygen atoms in total. The Balaban J connectivity index is 1.58. The molecule has 0 spiro atoms. The molecule has 4 aromatic rings. The lowest BCUT2D eigenvalue weighted by Gasteiger charge is -2.25. The number of halogens is 3. The molecule has 1 aromatic heterocycles. The number of esters is 2. The van der Waals surface area contributed by atoms with Crippen molar-refractivity contribution in [3.8, 4) is 0 Å². The summed E-state index contributed by atoms with van der Waals surface area (Å²) in [6.07, 6.45) is -2.56. The van der Waals surface area contributed by atoms with Crippen LogP contribution in [0.5, 0.6) is 0 Å². The number of carbonyl (C=O) groups is 2. The minimum absolute atomic E-state index is 0.00543. The molecular weight excluding hydrogens is 579 g/mol. The quantitative estimate of drug-likeness (QED) is 0.122. The lowest BCUT2D eigenvalue weighted by Crippen LogP contribution is -2.41. The first-order valence-electron chi connectivity index (χ1n) is 12.3. The molecule has 5 rings (SSSR count). The zero-order valence-electron chi connectivity index (χ0n) is 20.9. The molecule has 4 atom stereocenters. The standard InChI is InChI=1S/C29H23Cl3N2O6/c1-2-13-37-16-23-24(39-27(35)17-9-5-3-6-10-17)25(40-28(36)18-11-7-4-8-12-18)26(38-23)34-22-15-20(31)19(30)14-21(22)33-29(34)32/h2-12,14-15,23-26H,1,13,16H2/t23-,24-,25-,26-/m1/s1. The van der Waals surface area contributed by atoms with Gasteiger partial charge < -0.3 is 18.9 Å². The lowest BCUT2D eigenvalue weighted by atomic mass is 10.1. The first-order valence-corrected chi connectivity index (χ1v) is 13.4. The van der Waals surface area contributed by atoms with Gasteiger partial charge in [-0.25, -0.2) is 14.6 Å². The molecule has 1 saturated heterocycles. The van der Waals surface area contributed by atoms with Crippen molar-refractivity contribution in [3.63, 3.8) is 0 Å². The molecule has 1 aliphatic rings. The van der Waals surface area contributed by atoms with Crippen molar-refractivity contribution in [2.75, 3.05) is 13.2 Å². The third-order valence-corrected chi connectivity index (χ3v) is 7.24. The molecule has 0 amide bonds. The number of hydrogen-bond acceptors (Lipinski definition) is 7. The first kappa shape index (κ1) is 28.1. The molecule has 0 N–H and O–H groups in total. The van der Waals surface area contributed by atoms with Crippen LogP contribution in [-0.4, -0.2) is 53.0 Å². The molecule has 0 radical (unpaired) electrons. The normalized spacial score (nSPS) is 20.4. The third-order valence-electron chi connectivity index (χ3n) is 6.25. The summed E-state index contributed by atoms with van der Waals surface area (Å²) in [5.41, 5.74) is 1.54. The second-order valence-electron chi connectivity index (χ2n) is 8.87. The summed E-state index contributed by atoms with van der Waals surface area (Å²) in [5.74, 6) is -1.27. The van der Waals surface area contributed by atoms with Gasteiger partial charge in [-0.2, -0.15) is 0 Å². The van der Waals surface area contributed by atoms with Crippen LogP contribution < -0.4 is 0 Å². The fourth-order valence-electron chi connectivity index (χ4n) is 4.42. The van der Waals surface area contributed by atoms with Gasteiger partial charge in [0.05, 0.1) is 45.4 Å². The van der Waals surface area contributed by atoms with E-state index in [-0.39, 0.29) is 23.5 Å². The molecule has 0 unspecified atom stereocenters. The van der Waals surface area contributed by atoms with Crippen molar-refractivity contribution in [1.29, 1.82) is 0 Å². The van der Waals surface area contributed by atoms with Gasteiger partial charge in [0.25, 0.3) is 0 Å². The van der Waals surface area contributed by atoms with Crippen LogP contribution in [0.1, 0.15) is 26.9 Å². The molecule has 11 heteroatoms. The number of fused-ring (bicyclic) bond motifs is 1. The van der Waals surface area contributed by atoms with Gasteiger partial charge in [-0.3, -0.25) is 4.57 Å². The predicted octanol–water partition coefficient (Wildman–Crippen LogP) is 6.55. The molecule has 0 bridgehead atoms. The maximum absolute atomic E-state index is 13.3. The van der Waals surface area contributed by atoms with Crippen molar-refractivity contribution in [3.05, 3.63) is 112 Å². The van der Waals surface area contributed by atoms with E-state index >= 15 is 0 Å². The van der Waals surface area contributed by atoms with Gasteiger partial charge in [-0.15, -0.1) is 6.58 Å². The second kappa shape index (κ2) is 12.4. The predicted molar refractivity (Wildman–Crippen MR) is 151 cm³/mol. The minimum Gasteiger partial charge on any atom is -0.452 e.